The van der Waals surface area contributed by atoms with E-state index in [0.717, 1.165) is 0 Å². The molecule has 1 aromatic heterocycles. The third kappa shape index (κ3) is 3.84. The average molecular weight is 454 g/mol. The van der Waals surface area contributed by atoms with Gasteiger partial charge in [-0.1, -0.05) is 30.3 Å². The molecular weight excluding hydrogens is 431 g/mol. The highest BCUT2D eigenvalue weighted by Gasteiger charge is 2.44. The van der Waals surface area contributed by atoms with E-state index in [1.54, 1.807) is 43.3 Å². The number of ether oxygens (including phenoxy) is 2. The number of halogens is 1. The number of aliphatic hydroxyl groups is 1. The molecule has 5 unspecified atom stereocenters. The number of aldehydes is 1. The summed E-state index contributed by atoms with van der Waals surface area (Å²) in [5.74, 6) is -1.47. The monoisotopic (exact) mass is 454 g/mol. The maximum absolute atomic E-state index is 14.8. The minimum Gasteiger partial charge on any atom is -0.504 e. The molecule has 1 aliphatic rings. The smallest absolute Gasteiger partial charge is 0.233 e. The second kappa shape index (κ2) is 8.86. The first kappa shape index (κ1) is 22.8. The van der Waals surface area contributed by atoms with Crippen LogP contribution < -0.4 is 10.5 Å². The topological polar surface area (TPSA) is 132 Å². The predicted molar refractivity (Wildman–Crippen MR) is 117 cm³/mol. The highest BCUT2D eigenvalue weighted by molar-refractivity contribution is 6.22. The van der Waals surface area contributed by atoms with Crippen molar-refractivity contribution in [2.24, 2.45) is 5.73 Å². The lowest BCUT2D eigenvalue weighted by Gasteiger charge is -2.38. The number of aromatic nitrogens is 1. The zero-order valence-electron chi connectivity index (χ0n) is 17.9. The summed E-state index contributed by atoms with van der Waals surface area (Å²) in [5, 5.41) is 21.1. The molecule has 0 radical (unpaired) electrons. The van der Waals surface area contributed by atoms with Crippen molar-refractivity contribution in [2.75, 3.05) is 0 Å². The molecule has 1 aliphatic heterocycles. The van der Waals surface area contributed by atoms with Crippen LogP contribution in [0.1, 0.15) is 38.8 Å². The van der Waals surface area contributed by atoms with Gasteiger partial charge in [0, 0.05) is 22.7 Å². The molecule has 2 heterocycles. The Hall–Kier alpha value is -3.40. The number of aliphatic hydroxyl groups excluding tert-OH is 1. The summed E-state index contributed by atoms with van der Waals surface area (Å²) in [5.41, 5.74) is 6.46. The van der Waals surface area contributed by atoms with Crippen molar-refractivity contribution >= 4 is 23.0 Å². The second-order valence-electron chi connectivity index (χ2n) is 7.97. The number of rotatable bonds is 5. The van der Waals surface area contributed by atoms with Gasteiger partial charge in [0.1, 0.15) is 5.52 Å². The van der Waals surface area contributed by atoms with Gasteiger partial charge in [-0.05, 0) is 25.5 Å². The summed E-state index contributed by atoms with van der Waals surface area (Å²) in [6.07, 6.45) is -3.85. The number of phenolic OH excluding ortho intramolecular Hbond substituents is 1. The lowest BCUT2D eigenvalue weighted by molar-refractivity contribution is -0.219. The maximum Gasteiger partial charge on any atom is 0.233 e. The SMILES string of the molecule is Cc1ccccc1C(=O)c1c(C=O)c(O)c(OC2OC(C)C(O)C(N)C2F)c2ncccc12. The second-order valence-corrected chi connectivity index (χ2v) is 7.97. The summed E-state index contributed by atoms with van der Waals surface area (Å²) in [6.45, 7) is 3.26. The maximum atomic E-state index is 14.8. The Labute approximate surface area is 188 Å². The van der Waals surface area contributed by atoms with E-state index in [2.05, 4.69) is 4.98 Å². The van der Waals surface area contributed by atoms with Crippen LogP contribution >= 0.6 is 0 Å². The van der Waals surface area contributed by atoms with Crippen LogP contribution in [0.3, 0.4) is 0 Å². The molecule has 2 aromatic carbocycles. The number of phenols is 1. The number of aryl methyl sites for hydroxylation is 1. The van der Waals surface area contributed by atoms with E-state index in [1.165, 1.54) is 13.1 Å². The summed E-state index contributed by atoms with van der Waals surface area (Å²) in [7, 11) is 0. The van der Waals surface area contributed by atoms with Gasteiger partial charge in [0.15, 0.2) is 29.7 Å². The van der Waals surface area contributed by atoms with Crippen molar-refractivity contribution in [3.05, 3.63) is 64.8 Å². The van der Waals surface area contributed by atoms with Crippen molar-refractivity contribution in [3.8, 4) is 11.5 Å². The molecule has 0 bridgehead atoms. The first-order chi connectivity index (χ1) is 15.8. The fourth-order valence-corrected chi connectivity index (χ4v) is 3.98. The predicted octanol–water partition coefficient (Wildman–Crippen LogP) is 2.44. The molecule has 4 N–H and O–H groups in total. The molecule has 4 rings (SSSR count). The van der Waals surface area contributed by atoms with E-state index in [0.29, 0.717) is 17.4 Å². The van der Waals surface area contributed by atoms with Gasteiger partial charge in [0.05, 0.1) is 23.8 Å². The molecule has 0 aliphatic carbocycles. The van der Waals surface area contributed by atoms with Gasteiger partial charge in [0.25, 0.3) is 0 Å². The summed E-state index contributed by atoms with van der Waals surface area (Å²) >= 11 is 0. The molecule has 0 spiro atoms. The molecule has 0 amide bonds. The Balaban J connectivity index is 1.88. The highest BCUT2D eigenvalue weighted by Crippen LogP contribution is 2.42. The molecule has 5 atom stereocenters. The van der Waals surface area contributed by atoms with Crippen LogP contribution in [-0.4, -0.2) is 58.0 Å². The molecule has 9 heteroatoms. The molecule has 3 aromatic rings. The van der Waals surface area contributed by atoms with E-state index in [9.17, 15) is 24.2 Å². The minimum absolute atomic E-state index is 0.0423. The highest BCUT2D eigenvalue weighted by atomic mass is 19.1. The summed E-state index contributed by atoms with van der Waals surface area (Å²) in [4.78, 5) is 29.7. The van der Waals surface area contributed by atoms with Gasteiger partial charge < -0.3 is 25.4 Å². The molecule has 1 saturated heterocycles. The van der Waals surface area contributed by atoms with Crippen molar-refractivity contribution in [1.82, 2.24) is 4.98 Å². The normalized spacial score (nSPS) is 25.1. The standard InChI is InChI=1S/C24H23FN2O6/c1-11-6-3-4-7-13(11)21(30)16-14-8-5-9-27-19(14)23(22(31)15(16)10-28)33-24-17(25)18(26)20(29)12(2)32-24/h3-10,12,17-18,20,24,29,31H,26H2,1-2H3. The first-order valence-electron chi connectivity index (χ1n) is 10.3. The lowest BCUT2D eigenvalue weighted by atomic mass is 9.91. The number of hydrogen-bond acceptors (Lipinski definition) is 8. The summed E-state index contributed by atoms with van der Waals surface area (Å²) < 4.78 is 25.8. The van der Waals surface area contributed by atoms with Gasteiger partial charge >= 0.3 is 0 Å². The van der Waals surface area contributed by atoms with E-state index < -0.39 is 42.2 Å². The van der Waals surface area contributed by atoms with Crippen LogP contribution in [0.25, 0.3) is 10.9 Å². The third-order valence-electron chi connectivity index (χ3n) is 5.85. The average Bonchev–Trinajstić information content (AvgIpc) is 2.82. The fraction of sp³-hybridized carbons (Fsp3) is 0.292. The number of ketones is 1. The molecular formula is C24H23FN2O6. The molecule has 8 nitrogen and oxygen atoms in total. The van der Waals surface area contributed by atoms with Gasteiger partial charge in [-0.3, -0.25) is 14.6 Å². The van der Waals surface area contributed by atoms with E-state index in [1.807, 2.05) is 0 Å². The molecule has 0 saturated carbocycles. The van der Waals surface area contributed by atoms with Gasteiger partial charge in [0.2, 0.25) is 6.29 Å². The van der Waals surface area contributed by atoms with Crippen molar-refractivity contribution in [1.29, 1.82) is 0 Å². The quantitative estimate of drug-likeness (QED) is 0.396. The van der Waals surface area contributed by atoms with Crippen LogP contribution in [0.4, 0.5) is 4.39 Å². The van der Waals surface area contributed by atoms with E-state index in [-0.39, 0.29) is 27.8 Å². The van der Waals surface area contributed by atoms with Crippen LogP contribution in [0, 0.1) is 6.92 Å². The number of benzene rings is 2. The van der Waals surface area contributed by atoms with E-state index in [4.69, 9.17) is 15.2 Å². The minimum atomic E-state index is -1.93. The lowest BCUT2D eigenvalue weighted by Crippen LogP contribution is -2.60. The number of pyridine rings is 1. The van der Waals surface area contributed by atoms with Crippen LogP contribution in [-0.2, 0) is 4.74 Å². The Morgan fingerprint density at radius 2 is 2.00 bits per heavy atom. The number of carbonyl (C=O) groups excluding carboxylic acids is 2. The van der Waals surface area contributed by atoms with Crippen LogP contribution in [0.5, 0.6) is 11.5 Å². The third-order valence-corrected chi connectivity index (χ3v) is 5.85. The number of hydrogen-bond donors (Lipinski definition) is 3. The Morgan fingerprint density at radius 1 is 1.27 bits per heavy atom. The first-order valence-corrected chi connectivity index (χ1v) is 10.3. The largest absolute Gasteiger partial charge is 0.504 e. The van der Waals surface area contributed by atoms with Crippen LogP contribution in [0.2, 0.25) is 0 Å². The Bertz CT molecular complexity index is 1230. The number of fused-ring (bicyclic) bond motifs is 1. The summed E-state index contributed by atoms with van der Waals surface area (Å²) in [6, 6.07) is 8.68. The Kier molecular flexibility index (Phi) is 6.11. The molecule has 172 valence electrons. The van der Waals surface area contributed by atoms with Gasteiger partial charge in [-0.2, -0.15) is 0 Å². The van der Waals surface area contributed by atoms with Gasteiger partial charge in [-0.15, -0.1) is 0 Å². The number of alkyl halides is 1. The van der Waals surface area contributed by atoms with Gasteiger partial charge in [-0.25, -0.2) is 4.39 Å². The van der Waals surface area contributed by atoms with Crippen molar-refractivity contribution in [3.63, 3.8) is 0 Å². The van der Waals surface area contributed by atoms with Crippen LogP contribution in [0.15, 0.2) is 42.6 Å². The zero-order chi connectivity index (χ0) is 23.9. The van der Waals surface area contributed by atoms with Crippen molar-refractivity contribution in [2.45, 2.75) is 44.6 Å². The number of aromatic hydroxyl groups is 1. The molecule has 1 fully saturated rings. The number of carbonyl (C=O) groups is 2. The molecule has 33 heavy (non-hydrogen) atoms. The Morgan fingerprint density at radius 3 is 2.70 bits per heavy atom. The number of nitrogens with zero attached hydrogens (tertiary/aromatic N) is 1. The fourth-order valence-electron chi connectivity index (χ4n) is 3.98. The van der Waals surface area contributed by atoms with E-state index >= 15 is 0 Å². The van der Waals surface area contributed by atoms with Crippen molar-refractivity contribution < 1.29 is 33.7 Å². The number of nitrogens with two attached hydrogens (primary N) is 1. The zero-order valence-corrected chi connectivity index (χ0v) is 17.9.